The van der Waals surface area contributed by atoms with Crippen LogP contribution in [0.1, 0.15) is 37.8 Å². The fraction of sp³-hybridized carbons (Fsp3) is 0.600. The first-order chi connectivity index (χ1) is 9.24. The quantitative estimate of drug-likeness (QED) is 0.859. The van der Waals surface area contributed by atoms with Crippen LogP contribution in [0, 0.1) is 5.82 Å². The van der Waals surface area contributed by atoms with Gasteiger partial charge >= 0.3 is 0 Å². The highest BCUT2D eigenvalue weighted by Gasteiger charge is 2.22. The second-order valence-corrected chi connectivity index (χ2v) is 4.87. The van der Waals surface area contributed by atoms with Gasteiger partial charge in [0.05, 0.1) is 13.2 Å². The number of ether oxygens (including phenoxy) is 2. The van der Waals surface area contributed by atoms with E-state index in [1.54, 1.807) is 12.1 Å². The number of hydrogen-bond acceptors (Lipinski definition) is 3. The lowest BCUT2D eigenvalue weighted by Gasteiger charge is -2.22. The van der Waals surface area contributed by atoms with Gasteiger partial charge in [-0.1, -0.05) is 13.0 Å². The molecular formula is C15H22FNO2. The second kappa shape index (κ2) is 6.87. The molecule has 0 bridgehead atoms. The van der Waals surface area contributed by atoms with Crippen LogP contribution in [0.5, 0.6) is 5.75 Å². The van der Waals surface area contributed by atoms with E-state index in [2.05, 4.69) is 12.2 Å². The number of halogens is 1. The molecule has 1 aromatic carbocycles. The molecule has 106 valence electrons. The molecule has 0 spiro atoms. The zero-order chi connectivity index (χ0) is 13.7. The normalized spacial score (nSPS) is 20.5. The molecule has 1 aliphatic heterocycles. The van der Waals surface area contributed by atoms with Crippen LogP contribution in [0.15, 0.2) is 18.2 Å². The summed E-state index contributed by atoms with van der Waals surface area (Å²) in [5, 5.41) is 3.40. The Bertz CT molecular complexity index is 405. The predicted molar refractivity (Wildman–Crippen MR) is 73.0 cm³/mol. The van der Waals surface area contributed by atoms with Gasteiger partial charge in [-0.15, -0.1) is 0 Å². The van der Waals surface area contributed by atoms with Gasteiger partial charge in [-0.05, 0) is 43.5 Å². The van der Waals surface area contributed by atoms with Crippen LogP contribution in [0.3, 0.4) is 0 Å². The first-order valence-electron chi connectivity index (χ1n) is 6.93. The van der Waals surface area contributed by atoms with E-state index in [0.29, 0.717) is 0 Å². The third-order valence-corrected chi connectivity index (χ3v) is 3.55. The van der Waals surface area contributed by atoms with Crippen LogP contribution in [0.4, 0.5) is 4.39 Å². The summed E-state index contributed by atoms with van der Waals surface area (Å²) in [6, 6.07) is 5.30. The van der Waals surface area contributed by atoms with Crippen LogP contribution in [0.25, 0.3) is 0 Å². The van der Waals surface area contributed by atoms with Crippen LogP contribution < -0.4 is 10.1 Å². The summed E-state index contributed by atoms with van der Waals surface area (Å²) in [6.45, 7) is 3.76. The van der Waals surface area contributed by atoms with Crippen molar-refractivity contribution < 1.29 is 13.9 Å². The smallest absolute Gasteiger partial charge is 0.165 e. The Kier molecular flexibility index (Phi) is 5.16. The maximum atomic E-state index is 13.8. The molecule has 0 aliphatic carbocycles. The maximum absolute atomic E-state index is 13.8. The molecule has 2 rings (SSSR count). The minimum atomic E-state index is -0.310. The monoisotopic (exact) mass is 267 g/mol. The van der Waals surface area contributed by atoms with Gasteiger partial charge in [-0.25, -0.2) is 4.39 Å². The van der Waals surface area contributed by atoms with E-state index in [-0.39, 0.29) is 23.7 Å². The summed E-state index contributed by atoms with van der Waals surface area (Å²) in [7, 11) is 1.48. The molecular weight excluding hydrogens is 245 g/mol. The molecule has 2 unspecified atom stereocenters. The van der Waals surface area contributed by atoms with E-state index in [0.717, 1.165) is 38.0 Å². The van der Waals surface area contributed by atoms with E-state index in [4.69, 9.17) is 9.47 Å². The van der Waals surface area contributed by atoms with Gasteiger partial charge in [0, 0.05) is 12.6 Å². The number of rotatable bonds is 6. The molecule has 2 atom stereocenters. The zero-order valence-electron chi connectivity index (χ0n) is 11.6. The minimum absolute atomic E-state index is 0.133. The van der Waals surface area contributed by atoms with Crippen molar-refractivity contribution in [1.82, 2.24) is 5.32 Å². The number of nitrogens with one attached hydrogen (secondary N) is 1. The molecule has 1 aromatic rings. The highest BCUT2D eigenvalue weighted by atomic mass is 19.1. The molecule has 4 heteroatoms. The topological polar surface area (TPSA) is 30.5 Å². The van der Waals surface area contributed by atoms with Gasteiger partial charge in [0.25, 0.3) is 0 Å². The maximum Gasteiger partial charge on any atom is 0.165 e. The van der Waals surface area contributed by atoms with Crippen molar-refractivity contribution in [3.63, 3.8) is 0 Å². The van der Waals surface area contributed by atoms with Gasteiger partial charge in [0.15, 0.2) is 11.6 Å². The third kappa shape index (κ3) is 3.67. The summed E-state index contributed by atoms with van der Waals surface area (Å²) >= 11 is 0. The summed E-state index contributed by atoms with van der Waals surface area (Å²) in [5.74, 6) is -0.0219. The third-order valence-electron chi connectivity index (χ3n) is 3.55. The molecule has 0 radical (unpaired) electrons. The van der Waals surface area contributed by atoms with Crippen LogP contribution in [-0.4, -0.2) is 26.4 Å². The Hall–Kier alpha value is -1.13. The van der Waals surface area contributed by atoms with Gasteiger partial charge < -0.3 is 14.8 Å². The molecule has 1 heterocycles. The molecule has 1 saturated heterocycles. The Balaban J connectivity index is 2.10. The molecule has 1 N–H and O–H groups in total. The first kappa shape index (κ1) is 14.3. The van der Waals surface area contributed by atoms with Crippen molar-refractivity contribution >= 4 is 0 Å². The number of hydrogen-bond donors (Lipinski definition) is 1. The van der Waals surface area contributed by atoms with Gasteiger partial charge in [-0.2, -0.15) is 0 Å². The predicted octanol–water partition coefficient (Wildman–Crippen LogP) is 3.05. The fourth-order valence-corrected chi connectivity index (χ4v) is 2.58. The minimum Gasteiger partial charge on any atom is -0.494 e. The lowest BCUT2D eigenvalue weighted by Crippen LogP contribution is -2.25. The van der Waals surface area contributed by atoms with Crippen molar-refractivity contribution in [2.24, 2.45) is 0 Å². The molecule has 1 aliphatic rings. The molecule has 0 amide bonds. The molecule has 19 heavy (non-hydrogen) atoms. The van der Waals surface area contributed by atoms with E-state index in [1.807, 2.05) is 6.07 Å². The highest BCUT2D eigenvalue weighted by Crippen LogP contribution is 2.28. The van der Waals surface area contributed by atoms with Crippen LogP contribution in [0.2, 0.25) is 0 Å². The van der Waals surface area contributed by atoms with Crippen LogP contribution >= 0.6 is 0 Å². The van der Waals surface area contributed by atoms with Crippen molar-refractivity contribution in [3.05, 3.63) is 29.6 Å². The van der Waals surface area contributed by atoms with Crippen molar-refractivity contribution in [2.45, 2.75) is 38.3 Å². The van der Waals surface area contributed by atoms with Crippen molar-refractivity contribution in [1.29, 1.82) is 0 Å². The Morgan fingerprint density at radius 2 is 2.37 bits per heavy atom. The zero-order valence-corrected chi connectivity index (χ0v) is 11.6. The standard InChI is InChI=1S/C15H22FNO2/c1-3-17-14(10-12-5-4-8-19-12)11-6-7-15(18-2)13(16)9-11/h6-7,9,12,14,17H,3-5,8,10H2,1-2H3. The number of methoxy groups -OCH3 is 1. The highest BCUT2D eigenvalue weighted by molar-refractivity contribution is 5.31. The van der Waals surface area contributed by atoms with Crippen LogP contribution in [-0.2, 0) is 4.74 Å². The second-order valence-electron chi connectivity index (χ2n) is 4.87. The fourth-order valence-electron chi connectivity index (χ4n) is 2.58. The first-order valence-corrected chi connectivity index (χ1v) is 6.93. The van der Waals surface area contributed by atoms with E-state index < -0.39 is 0 Å². The van der Waals surface area contributed by atoms with Crippen molar-refractivity contribution in [3.8, 4) is 5.75 Å². The summed E-state index contributed by atoms with van der Waals surface area (Å²) in [5.41, 5.74) is 0.954. The van der Waals surface area contributed by atoms with Gasteiger partial charge in [-0.3, -0.25) is 0 Å². The molecule has 1 fully saturated rings. The summed E-state index contributed by atoms with van der Waals surface area (Å²) < 4.78 is 24.4. The summed E-state index contributed by atoms with van der Waals surface area (Å²) in [6.07, 6.45) is 3.40. The lowest BCUT2D eigenvalue weighted by atomic mass is 9.99. The SMILES string of the molecule is CCNC(CC1CCCO1)c1ccc(OC)c(F)c1. The van der Waals surface area contributed by atoms with Crippen molar-refractivity contribution in [2.75, 3.05) is 20.3 Å². The average Bonchev–Trinajstić information content (AvgIpc) is 2.91. The molecule has 3 nitrogen and oxygen atoms in total. The lowest BCUT2D eigenvalue weighted by molar-refractivity contribution is 0.0947. The Labute approximate surface area is 114 Å². The van der Waals surface area contributed by atoms with E-state index in [1.165, 1.54) is 7.11 Å². The van der Waals surface area contributed by atoms with Gasteiger partial charge in [0.1, 0.15) is 0 Å². The van der Waals surface area contributed by atoms with Gasteiger partial charge in [0.2, 0.25) is 0 Å². The van der Waals surface area contributed by atoms with E-state index >= 15 is 0 Å². The Morgan fingerprint density at radius 3 is 2.95 bits per heavy atom. The largest absolute Gasteiger partial charge is 0.494 e. The number of benzene rings is 1. The molecule has 0 saturated carbocycles. The average molecular weight is 267 g/mol. The summed E-state index contributed by atoms with van der Waals surface area (Å²) in [4.78, 5) is 0. The molecule has 0 aromatic heterocycles. The Morgan fingerprint density at radius 1 is 1.53 bits per heavy atom. The van der Waals surface area contributed by atoms with E-state index in [9.17, 15) is 4.39 Å².